The summed E-state index contributed by atoms with van der Waals surface area (Å²) < 4.78 is 16.5. The molecule has 0 bridgehead atoms. The van der Waals surface area contributed by atoms with Gasteiger partial charge in [0.15, 0.2) is 17.2 Å². The first-order valence-corrected chi connectivity index (χ1v) is 11.0. The number of nitrogens with one attached hydrogen (secondary N) is 1. The smallest absolute Gasteiger partial charge is 0.298 e. The number of amides is 1. The summed E-state index contributed by atoms with van der Waals surface area (Å²) in [6.07, 6.45) is 4.62. The maximum absolute atomic E-state index is 13.2. The highest BCUT2D eigenvalue weighted by Gasteiger charge is 2.28. The molecule has 4 heterocycles. The lowest BCUT2D eigenvalue weighted by molar-refractivity contribution is 0.0982. The van der Waals surface area contributed by atoms with E-state index >= 15 is 0 Å². The van der Waals surface area contributed by atoms with Gasteiger partial charge in [-0.1, -0.05) is 0 Å². The quantitative estimate of drug-likeness (QED) is 0.315. The standard InChI is InChI=1S/C23H27N7O4/c1-32-20-9-15-12-29(13-16(15)10-21(20)33-2)23-27-17(14-34-23)22(31)30(24)19-11-26-4-3-18(19)28-7-5-25-6-8-28/h3-4,9-11,14,25H,5-8,12-13,24H2,1-2H3. The van der Waals surface area contributed by atoms with Crippen LogP contribution < -0.4 is 35.4 Å². The fourth-order valence-electron chi connectivity index (χ4n) is 4.34. The second-order valence-electron chi connectivity index (χ2n) is 8.12. The van der Waals surface area contributed by atoms with Crippen LogP contribution in [0.4, 0.5) is 17.4 Å². The van der Waals surface area contributed by atoms with Crippen molar-refractivity contribution in [1.29, 1.82) is 0 Å². The molecular weight excluding hydrogens is 438 g/mol. The monoisotopic (exact) mass is 465 g/mol. The average Bonchev–Trinajstić information content (AvgIpc) is 3.54. The Kier molecular flexibility index (Phi) is 5.95. The number of carbonyl (C=O) groups is 1. The van der Waals surface area contributed by atoms with Gasteiger partial charge in [0.1, 0.15) is 12.0 Å². The number of benzene rings is 1. The molecule has 3 aromatic rings. The zero-order valence-electron chi connectivity index (χ0n) is 19.2. The molecule has 1 fully saturated rings. The number of hydrogen-bond acceptors (Lipinski definition) is 10. The van der Waals surface area contributed by atoms with Crippen molar-refractivity contribution >= 4 is 23.3 Å². The number of nitrogens with zero attached hydrogens (tertiary/aromatic N) is 5. The summed E-state index contributed by atoms with van der Waals surface area (Å²) in [5.41, 5.74) is 3.67. The largest absolute Gasteiger partial charge is 0.493 e. The first-order valence-electron chi connectivity index (χ1n) is 11.0. The maximum atomic E-state index is 13.2. The molecule has 0 saturated carbocycles. The van der Waals surface area contributed by atoms with Crippen LogP contribution in [-0.4, -0.2) is 56.3 Å². The number of methoxy groups -OCH3 is 2. The second kappa shape index (κ2) is 9.20. The Balaban J connectivity index is 1.34. The molecule has 0 aliphatic carbocycles. The van der Waals surface area contributed by atoms with Gasteiger partial charge in [0.25, 0.3) is 11.9 Å². The van der Waals surface area contributed by atoms with Gasteiger partial charge in [-0.05, 0) is 29.3 Å². The highest BCUT2D eigenvalue weighted by Crippen LogP contribution is 2.36. The van der Waals surface area contributed by atoms with Crippen molar-refractivity contribution in [3.63, 3.8) is 0 Å². The van der Waals surface area contributed by atoms with E-state index in [0.717, 1.165) is 48.0 Å². The Morgan fingerprint density at radius 1 is 1.12 bits per heavy atom. The van der Waals surface area contributed by atoms with Crippen molar-refractivity contribution < 1.29 is 18.7 Å². The summed E-state index contributed by atoms with van der Waals surface area (Å²) in [7, 11) is 3.22. The minimum absolute atomic E-state index is 0.124. The molecule has 0 unspecified atom stereocenters. The van der Waals surface area contributed by atoms with Crippen molar-refractivity contribution in [1.82, 2.24) is 15.3 Å². The number of anilines is 3. The van der Waals surface area contributed by atoms with Crippen LogP contribution >= 0.6 is 0 Å². The zero-order chi connectivity index (χ0) is 23.7. The van der Waals surface area contributed by atoms with Crippen molar-refractivity contribution in [3.05, 3.63) is 53.7 Å². The van der Waals surface area contributed by atoms with Crippen LogP contribution in [0, 0.1) is 0 Å². The molecule has 34 heavy (non-hydrogen) atoms. The molecule has 1 amide bonds. The first kappa shape index (κ1) is 22.0. The summed E-state index contributed by atoms with van der Waals surface area (Å²) in [4.78, 5) is 25.9. The molecule has 0 spiro atoms. The molecule has 0 radical (unpaired) electrons. The van der Waals surface area contributed by atoms with Crippen molar-refractivity contribution in [2.75, 3.05) is 55.2 Å². The van der Waals surface area contributed by atoms with E-state index in [9.17, 15) is 4.79 Å². The van der Waals surface area contributed by atoms with Crippen LogP contribution in [0.1, 0.15) is 21.6 Å². The normalized spacial score (nSPS) is 15.3. The number of carbonyl (C=O) groups excluding carboxylic acids is 1. The van der Waals surface area contributed by atoms with Crippen LogP contribution in [0.15, 0.2) is 41.3 Å². The highest BCUT2D eigenvalue weighted by molar-refractivity contribution is 6.05. The third-order valence-electron chi connectivity index (χ3n) is 6.12. The van der Waals surface area contributed by atoms with Crippen LogP contribution in [-0.2, 0) is 13.1 Å². The van der Waals surface area contributed by atoms with Crippen molar-refractivity contribution in [2.45, 2.75) is 13.1 Å². The Morgan fingerprint density at radius 3 is 2.44 bits per heavy atom. The number of hydrogen-bond donors (Lipinski definition) is 2. The number of aromatic nitrogens is 2. The summed E-state index contributed by atoms with van der Waals surface area (Å²) in [6.45, 7) is 4.51. The molecule has 2 aliphatic rings. The van der Waals surface area contributed by atoms with E-state index in [0.29, 0.717) is 36.3 Å². The van der Waals surface area contributed by atoms with Gasteiger partial charge < -0.3 is 29.0 Å². The van der Waals surface area contributed by atoms with E-state index in [-0.39, 0.29) is 5.69 Å². The molecule has 2 aliphatic heterocycles. The molecule has 11 nitrogen and oxygen atoms in total. The van der Waals surface area contributed by atoms with E-state index in [1.165, 1.54) is 6.26 Å². The predicted octanol–water partition coefficient (Wildman–Crippen LogP) is 1.54. The molecule has 178 valence electrons. The topological polar surface area (TPSA) is 122 Å². The number of pyridine rings is 1. The molecule has 1 aromatic carbocycles. The van der Waals surface area contributed by atoms with Gasteiger partial charge in [0, 0.05) is 45.5 Å². The van der Waals surface area contributed by atoms with Gasteiger partial charge in [-0.15, -0.1) is 0 Å². The Hall–Kier alpha value is -3.83. The van der Waals surface area contributed by atoms with E-state index < -0.39 is 5.91 Å². The molecule has 1 saturated heterocycles. The van der Waals surface area contributed by atoms with Gasteiger partial charge in [0.05, 0.1) is 26.1 Å². The molecule has 2 aromatic heterocycles. The van der Waals surface area contributed by atoms with E-state index in [1.807, 2.05) is 23.1 Å². The Labute approximate surface area is 197 Å². The van der Waals surface area contributed by atoms with E-state index in [4.69, 9.17) is 19.7 Å². The van der Waals surface area contributed by atoms with E-state index in [1.54, 1.807) is 26.6 Å². The molecule has 5 rings (SSSR count). The van der Waals surface area contributed by atoms with Gasteiger partial charge in [0.2, 0.25) is 0 Å². The lowest BCUT2D eigenvalue weighted by Gasteiger charge is -2.32. The number of rotatable bonds is 6. The molecule has 3 N–H and O–H groups in total. The second-order valence-corrected chi connectivity index (χ2v) is 8.12. The lowest BCUT2D eigenvalue weighted by atomic mass is 10.1. The number of hydrazine groups is 1. The first-order chi connectivity index (χ1) is 16.6. The summed E-state index contributed by atoms with van der Waals surface area (Å²) in [5, 5.41) is 4.40. The number of nitrogens with two attached hydrogens (primary N) is 1. The van der Waals surface area contributed by atoms with Gasteiger partial charge >= 0.3 is 0 Å². The fourth-order valence-corrected chi connectivity index (χ4v) is 4.34. The number of piperazine rings is 1. The summed E-state index contributed by atoms with van der Waals surface area (Å²) in [6, 6.07) is 6.11. The third kappa shape index (κ3) is 3.99. The van der Waals surface area contributed by atoms with Crippen molar-refractivity contribution in [2.24, 2.45) is 5.84 Å². The Bertz CT molecular complexity index is 1160. The highest BCUT2D eigenvalue weighted by atomic mass is 16.5. The van der Waals surface area contributed by atoms with Crippen LogP contribution in [0.2, 0.25) is 0 Å². The maximum Gasteiger partial charge on any atom is 0.298 e. The van der Waals surface area contributed by atoms with Gasteiger partial charge in [-0.3, -0.25) is 9.78 Å². The zero-order valence-corrected chi connectivity index (χ0v) is 19.2. The van der Waals surface area contributed by atoms with Crippen LogP contribution in [0.3, 0.4) is 0 Å². The molecule has 11 heteroatoms. The minimum atomic E-state index is -0.473. The molecular formula is C23H27N7O4. The number of oxazole rings is 1. The average molecular weight is 466 g/mol. The Morgan fingerprint density at radius 2 is 1.79 bits per heavy atom. The van der Waals surface area contributed by atoms with Crippen molar-refractivity contribution in [3.8, 4) is 11.5 Å². The van der Waals surface area contributed by atoms with Gasteiger partial charge in [-0.25, -0.2) is 10.9 Å². The third-order valence-corrected chi connectivity index (χ3v) is 6.12. The fraction of sp³-hybridized carbons (Fsp3) is 0.348. The molecule has 0 atom stereocenters. The lowest BCUT2D eigenvalue weighted by Crippen LogP contribution is -2.45. The van der Waals surface area contributed by atoms with Gasteiger partial charge in [-0.2, -0.15) is 4.98 Å². The number of fused-ring (bicyclic) bond motifs is 1. The van der Waals surface area contributed by atoms with E-state index in [2.05, 4.69) is 20.2 Å². The van der Waals surface area contributed by atoms with Crippen LogP contribution in [0.25, 0.3) is 0 Å². The minimum Gasteiger partial charge on any atom is -0.493 e. The van der Waals surface area contributed by atoms with Crippen LogP contribution in [0.5, 0.6) is 11.5 Å². The SMILES string of the molecule is COc1cc2c(cc1OC)CN(c1nc(C(=O)N(N)c3cnccc3N3CCNCC3)co1)C2. The predicted molar refractivity (Wildman–Crippen MR) is 126 cm³/mol. The number of ether oxygens (including phenoxy) is 2. The summed E-state index contributed by atoms with van der Waals surface area (Å²) >= 11 is 0. The summed E-state index contributed by atoms with van der Waals surface area (Å²) in [5.74, 6) is 7.12.